The Balaban J connectivity index is 1.42. The van der Waals surface area contributed by atoms with Crippen molar-refractivity contribution < 1.29 is 9.59 Å². The number of hydrogen-bond acceptors (Lipinski definition) is 7. The van der Waals surface area contributed by atoms with Crippen molar-refractivity contribution >= 4 is 28.8 Å². The molecule has 0 saturated carbocycles. The zero-order valence-corrected chi connectivity index (χ0v) is 18.5. The van der Waals surface area contributed by atoms with E-state index in [0.717, 1.165) is 23.5 Å². The van der Waals surface area contributed by atoms with Crippen molar-refractivity contribution in [1.82, 2.24) is 34.6 Å². The van der Waals surface area contributed by atoms with E-state index < -0.39 is 0 Å². The SMILES string of the molecule is C#CCN(C)C(=O)c1csc(C2CCN(C(=O)c3nnc4cc(C)nn4c3C)CC2)n1. The number of amides is 2. The molecule has 4 heterocycles. The topological polar surface area (TPSA) is 96.6 Å². The number of nitrogens with zero attached hydrogens (tertiary/aromatic N) is 7. The summed E-state index contributed by atoms with van der Waals surface area (Å²) in [6.45, 7) is 5.16. The number of likely N-dealkylation sites (tertiary alicyclic amines) is 1. The van der Waals surface area contributed by atoms with E-state index in [4.69, 9.17) is 6.42 Å². The van der Waals surface area contributed by atoms with Gasteiger partial charge in [-0.05, 0) is 26.7 Å². The van der Waals surface area contributed by atoms with Crippen molar-refractivity contribution in [1.29, 1.82) is 0 Å². The number of piperidine rings is 1. The van der Waals surface area contributed by atoms with Gasteiger partial charge in [0.25, 0.3) is 11.8 Å². The molecule has 0 aliphatic carbocycles. The van der Waals surface area contributed by atoms with Crippen LogP contribution < -0.4 is 0 Å². The molecule has 3 aromatic heterocycles. The van der Waals surface area contributed by atoms with Crippen LogP contribution in [0.1, 0.15) is 56.1 Å². The summed E-state index contributed by atoms with van der Waals surface area (Å²) in [4.78, 5) is 33.2. The van der Waals surface area contributed by atoms with Crippen LogP contribution in [-0.2, 0) is 0 Å². The summed E-state index contributed by atoms with van der Waals surface area (Å²) in [5.74, 6) is 2.37. The Morgan fingerprint density at radius 2 is 2.03 bits per heavy atom. The third-order valence-corrected chi connectivity index (χ3v) is 6.48. The molecule has 0 unspecified atom stereocenters. The van der Waals surface area contributed by atoms with Crippen LogP contribution in [-0.4, -0.2) is 73.1 Å². The van der Waals surface area contributed by atoms with Crippen LogP contribution in [0, 0.1) is 26.2 Å². The largest absolute Gasteiger partial charge is 0.337 e. The van der Waals surface area contributed by atoms with E-state index >= 15 is 0 Å². The van der Waals surface area contributed by atoms with E-state index in [1.54, 1.807) is 21.8 Å². The molecule has 31 heavy (non-hydrogen) atoms. The summed E-state index contributed by atoms with van der Waals surface area (Å²) in [6, 6.07) is 1.83. The number of hydrogen-bond donors (Lipinski definition) is 0. The third-order valence-electron chi connectivity index (χ3n) is 5.48. The van der Waals surface area contributed by atoms with Crippen LogP contribution in [0.5, 0.6) is 0 Å². The van der Waals surface area contributed by atoms with Gasteiger partial charge < -0.3 is 9.80 Å². The maximum atomic E-state index is 13.0. The molecule has 1 fully saturated rings. The molecule has 0 spiro atoms. The lowest BCUT2D eigenvalue weighted by atomic mass is 9.97. The maximum Gasteiger partial charge on any atom is 0.276 e. The molecule has 0 radical (unpaired) electrons. The molecule has 0 bridgehead atoms. The minimum Gasteiger partial charge on any atom is -0.337 e. The van der Waals surface area contributed by atoms with Crippen LogP contribution in [0.4, 0.5) is 0 Å². The van der Waals surface area contributed by atoms with Gasteiger partial charge in [0, 0.05) is 37.5 Å². The fourth-order valence-electron chi connectivity index (χ4n) is 3.73. The van der Waals surface area contributed by atoms with Gasteiger partial charge in [-0.1, -0.05) is 5.92 Å². The van der Waals surface area contributed by atoms with E-state index in [1.807, 2.05) is 19.9 Å². The van der Waals surface area contributed by atoms with E-state index in [9.17, 15) is 9.59 Å². The Morgan fingerprint density at radius 1 is 1.29 bits per heavy atom. The zero-order chi connectivity index (χ0) is 22.1. The Morgan fingerprint density at radius 3 is 2.74 bits per heavy atom. The fourth-order valence-corrected chi connectivity index (χ4v) is 4.70. The molecule has 160 valence electrons. The van der Waals surface area contributed by atoms with Crippen LogP contribution in [0.15, 0.2) is 11.4 Å². The van der Waals surface area contributed by atoms with Gasteiger partial charge in [0.15, 0.2) is 11.3 Å². The van der Waals surface area contributed by atoms with Gasteiger partial charge in [-0.2, -0.15) is 5.10 Å². The molecule has 9 nitrogen and oxygen atoms in total. The lowest BCUT2D eigenvalue weighted by Crippen LogP contribution is -2.39. The predicted octanol–water partition coefficient (Wildman–Crippen LogP) is 1.92. The molecule has 1 saturated heterocycles. The smallest absolute Gasteiger partial charge is 0.276 e. The van der Waals surface area contributed by atoms with Crippen molar-refractivity contribution in [3.63, 3.8) is 0 Å². The second kappa shape index (κ2) is 8.43. The number of aryl methyl sites for hydroxylation is 2. The average molecular weight is 438 g/mol. The summed E-state index contributed by atoms with van der Waals surface area (Å²) in [6.07, 6.45) is 6.84. The van der Waals surface area contributed by atoms with Crippen LogP contribution in [0.2, 0.25) is 0 Å². The first-order chi connectivity index (χ1) is 14.9. The molecular formula is C21H23N7O2S. The molecule has 10 heteroatoms. The van der Waals surface area contributed by atoms with Gasteiger partial charge >= 0.3 is 0 Å². The summed E-state index contributed by atoms with van der Waals surface area (Å²) < 4.78 is 1.66. The molecule has 4 rings (SSSR count). The number of terminal acetylenes is 1. The number of aromatic nitrogens is 5. The number of carbonyl (C=O) groups excluding carboxylic acids is 2. The van der Waals surface area contributed by atoms with Crippen molar-refractivity contribution in [3.05, 3.63) is 39.2 Å². The Kier molecular flexibility index (Phi) is 5.69. The lowest BCUT2D eigenvalue weighted by Gasteiger charge is -2.31. The molecule has 1 aliphatic heterocycles. The van der Waals surface area contributed by atoms with Gasteiger partial charge in [0.1, 0.15) is 5.69 Å². The molecule has 0 atom stereocenters. The van der Waals surface area contributed by atoms with E-state index in [0.29, 0.717) is 35.8 Å². The first-order valence-electron chi connectivity index (χ1n) is 10.0. The number of rotatable bonds is 4. The molecule has 2 amide bonds. The fraction of sp³-hybridized carbons (Fsp3) is 0.429. The monoisotopic (exact) mass is 437 g/mol. The highest BCUT2D eigenvalue weighted by molar-refractivity contribution is 7.09. The summed E-state index contributed by atoms with van der Waals surface area (Å²) in [5.41, 5.74) is 2.89. The quantitative estimate of drug-likeness (QED) is 0.579. The van der Waals surface area contributed by atoms with Gasteiger partial charge in [0.05, 0.1) is 22.9 Å². The van der Waals surface area contributed by atoms with Crippen molar-refractivity contribution in [2.24, 2.45) is 0 Å². The van der Waals surface area contributed by atoms with Crippen LogP contribution >= 0.6 is 11.3 Å². The third kappa shape index (κ3) is 4.01. The van der Waals surface area contributed by atoms with Crippen LogP contribution in [0.25, 0.3) is 5.65 Å². The maximum absolute atomic E-state index is 13.0. The first-order valence-corrected chi connectivity index (χ1v) is 10.9. The Labute approximate surface area is 184 Å². The normalized spacial score (nSPS) is 14.6. The number of fused-ring (bicyclic) bond motifs is 1. The summed E-state index contributed by atoms with van der Waals surface area (Å²) >= 11 is 1.48. The molecule has 0 aromatic carbocycles. The minimum absolute atomic E-state index is 0.135. The highest BCUT2D eigenvalue weighted by Crippen LogP contribution is 2.31. The second-order valence-corrected chi connectivity index (χ2v) is 8.58. The highest BCUT2D eigenvalue weighted by Gasteiger charge is 2.29. The number of thiazole rings is 1. The van der Waals surface area contributed by atoms with E-state index in [1.165, 1.54) is 16.2 Å². The summed E-state index contributed by atoms with van der Waals surface area (Å²) in [5, 5.41) is 15.4. The Hall–Kier alpha value is -3.32. The lowest BCUT2D eigenvalue weighted by molar-refractivity contribution is 0.0704. The molecule has 3 aromatic rings. The van der Waals surface area contributed by atoms with Crippen molar-refractivity contribution in [3.8, 4) is 12.3 Å². The zero-order valence-electron chi connectivity index (χ0n) is 17.7. The molecular weight excluding hydrogens is 414 g/mol. The average Bonchev–Trinajstić information content (AvgIpc) is 3.40. The van der Waals surface area contributed by atoms with Gasteiger partial charge in [-0.25, -0.2) is 9.50 Å². The highest BCUT2D eigenvalue weighted by atomic mass is 32.1. The molecule has 1 aliphatic rings. The Bertz CT molecular complexity index is 1180. The van der Waals surface area contributed by atoms with Crippen molar-refractivity contribution in [2.75, 3.05) is 26.7 Å². The van der Waals surface area contributed by atoms with Crippen LogP contribution in [0.3, 0.4) is 0 Å². The van der Waals surface area contributed by atoms with Gasteiger partial charge in [-0.15, -0.1) is 28.0 Å². The summed E-state index contributed by atoms with van der Waals surface area (Å²) in [7, 11) is 1.66. The van der Waals surface area contributed by atoms with E-state index in [-0.39, 0.29) is 24.3 Å². The van der Waals surface area contributed by atoms with Gasteiger partial charge in [-0.3, -0.25) is 9.59 Å². The van der Waals surface area contributed by atoms with Crippen molar-refractivity contribution in [2.45, 2.75) is 32.6 Å². The molecule has 0 N–H and O–H groups in total. The second-order valence-electron chi connectivity index (χ2n) is 7.69. The standard InChI is InChI=1S/C21H23N7O2S/c1-5-8-26(4)20(29)16-12-31-19(22-16)15-6-9-27(10-7-15)21(30)18-14(3)28-17(23-24-18)11-13(2)25-28/h1,11-12,15H,6-10H2,2-4H3. The predicted molar refractivity (Wildman–Crippen MR) is 116 cm³/mol. The minimum atomic E-state index is -0.175. The van der Waals surface area contributed by atoms with Gasteiger partial charge in [0.2, 0.25) is 0 Å². The number of carbonyl (C=O) groups is 2. The first kappa shape index (κ1) is 20.9. The van der Waals surface area contributed by atoms with E-state index in [2.05, 4.69) is 26.2 Å².